The number of pyridine rings is 1. The number of amides is 1. The van der Waals surface area contributed by atoms with Crippen LogP contribution in [0, 0.1) is 6.92 Å². The fourth-order valence-electron chi connectivity index (χ4n) is 2.96. The standard InChI is InChI=1S/C22H19N3O2/c1-15-5-7-16(8-6-15)14-25-19-12-17(23)9-10-20(19)27-21(22(25)26)13-18-4-2-3-11-24-18/h2-13H,14,23H2,1H3/b21-13+. The number of fused-ring (bicyclic) bond motifs is 1. The number of hydrogen-bond donors (Lipinski definition) is 1. The minimum Gasteiger partial charge on any atom is -0.449 e. The van der Waals surface area contributed by atoms with Crippen LogP contribution in [0.25, 0.3) is 6.08 Å². The van der Waals surface area contributed by atoms with E-state index in [0.29, 0.717) is 29.4 Å². The summed E-state index contributed by atoms with van der Waals surface area (Å²) in [5.41, 5.74) is 10.1. The first kappa shape index (κ1) is 16.8. The van der Waals surface area contributed by atoms with E-state index in [0.717, 1.165) is 5.56 Å². The highest BCUT2D eigenvalue weighted by Gasteiger charge is 2.30. The van der Waals surface area contributed by atoms with Gasteiger partial charge in [0, 0.05) is 18.0 Å². The van der Waals surface area contributed by atoms with Crippen LogP contribution < -0.4 is 15.4 Å². The molecule has 1 amide bonds. The third kappa shape index (κ3) is 3.53. The number of aryl methyl sites for hydroxylation is 1. The van der Waals surface area contributed by atoms with E-state index in [-0.39, 0.29) is 11.7 Å². The highest BCUT2D eigenvalue weighted by molar-refractivity contribution is 6.09. The molecule has 2 N–H and O–H groups in total. The lowest BCUT2D eigenvalue weighted by Gasteiger charge is -2.31. The van der Waals surface area contributed by atoms with Crippen LogP contribution in [0.3, 0.4) is 0 Å². The molecule has 0 bridgehead atoms. The maximum absolute atomic E-state index is 13.1. The first-order valence-corrected chi connectivity index (χ1v) is 8.68. The van der Waals surface area contributed by atoms with Gasteiger partial charge in [-0.1, -0.05) is 35.9 Å². The van der Waals surface area contributed by atoms with Crippen molar-refractivity contribution in [1.82, 2.24) is 4.98 Å². The molecule has 0 saturated carbocycles. The fourth-order valence-corrected chi connectivity index (χ4v) is 2.96. The number of anilines is 2. The number of hydrogen-bond acceptors (Lipinski definition) is 4. The number of aromatic nitrogens is 1. The third-order valence-corrected chi connectivity index (χ3v) is 4.38. The fraction of sp³-hybridized carbons (Fsp3) is 0.0909. The van der Waals surface area contributed by atoms with Crippen molar-refractivity contribution < 1.29 is 9.53 Å². The van der Waals surface area contributed by atoms with Gasteiger partial charge in [0.05, 0.1) is 17.9 Å². The Morgan fingerprint density at radius 1 is 1.11 bits per heavy atom. The lowest BCUT2D eigenvalue weighted by atomic mass is 10.1. The van der Waals surface area contributed by atoms with Crippen molar-refractivity contribution in [3.8, 4) is 5.75 Å². The first-order chi connectivity index (χ1) is 13.1. The number of rotatable bonds is 3. The molecule has 0 fully saturated rings. The van der Waals surface area contributed by atoms with Gasteiger partial charge in [-0.2, -0.15) is 0 Å². The van der Waals surface area contributed by atoms with E-state index in [1.165, 1.54) is 5.56 Å². The van der Waals surface area contributed by atoms with Crippen LogP contribution in [0.15, 0.2) is 72.6 Å². The maximum Gasteiger partial charge on any atom is 0.294 e. The van der Waals surface area contributed by atoms with Crippen molar-refractivity contribution in [3.05, 3.63) is 89.4 Å². The predicted molar refractivity (Wildman–Crippen MR) is 106 cm³/mol. The highest BCUT2D eigenvalue weighted by atomic mass is 16.5. The average molecular weight is 357 g/mol. The van der Waals surface area contributed by atoms with E-state index in [2.05, 4.69) is 4.98 Å². The van der Waals surface area contributed by atoms with Crippen LogP contribution in [0.4, 0.5) is 11.4 Å². The minimum absolute atomic E-state index is 0.223. The SMILES string of the molecule is Cc1ccc(CN2C(=O)/C(=C\c3ccccn3)Oc3ccc(N)cc32)cc1. The van der Waals surface area contributed by atoms with E-state index in [4.69, 9.17) is 10.5 Å². The molecule has 0 saturated heterocycles. The van der Waals surface area contributed by atoms with Gasteiger partial charge < -0.3 is 10.5 Å². The molecule has 5 nitrogen and oxygen atoms in total. The summed E-state index contributed by atoms with van der Waals surface area (Å²) in [5.74, 6) is 0.607. The molecular weight excluding hydrogens is 338 g/mol. The van der Waals surface area contributed by atoms with Gasteiger partial charge in [-0.15, -0.1) is 0 Å². The summed E-state index contributed by atoms with van der Waals surface area (Å²) in [5, 5.41) is 0. The third-order valence-electron chi connectivity index (χ3n) is 4.38. The molecule has 3 aromatic rings. The van der Waals surface area contributed by atoms with Gasteiger partial charge in [0.2, 0.25) is 0 Å². The van der Waals surface area contributed by atoms with Gasteiger partial charge in [0.1, 0.15) is 0 Å². The Kier molecular flexibility index (Phi) is 4.34. The molecular formula is C22H19N3O2. The van der Waals surface area contributed by atoms with Crippen molar-refractivity contribution in [1.29, 1.82) is 0 Å². The molecule has 0 spiro atoms. The molecule has 1 aliphatic rings. The Morgan fingerprint density at radius 3 is 2.67 bits per heavy atom. The van der Waals surface area contributed by atoms with Crippen LogP contribution >= 0.6 is 0 Å². The van der Waals surface area contributed by atoms with Crippen molar-refractivity contribution in [2.24, 2.45) is 0 Å². The lowest BCUT2D eigenvalue weighted by Crippen LogP contribution is -2.37. The lowest BCUT2D eigenvalue weighted by molar-refractivity contribution is -0.117. The molecule has 27 heavy (non-hydrogen) atoms. The first-order valence-electron chi connectivity index (χ1n) is 8.68. The molecule has 2 heterocycles. The summed E-state index contributed by atoms with van der Waals surface area (Å²) in [6.07, 6.45) is 3.34. The molecule has 5 heteroatoms. The van der Waals surface area contributed by atoms with Gasteiger partial charge >= 0.3 is 0 Å². The zero-order valence-electron chi connectivity index (χ0n) is 14.9. The molecule has 0 atom stereocenters. The van der Waals surface area contributed by atoms with Crippen molar-refractivity contribution in [2.45, 2.75) is 13.5 Å². The summed E-state index contributed by atoms with van der Waals surface area (Å²) in [6.45, 7) is 2.46. The smallest absolute Gasteiger partial charge is 0.294 e. The largest absolute Gasteiger partial charge is 0.449 e. The van der Waals surface area contributed by atoms with Crippen LogP contribution in [0.5, 0.6) is 5.75 Å². The van der Waals surface area contributed by atoms with Crippen LogP contribution in [0.1, 0.15) is 16.8 Å². The molecule has 1 aromatic heterocycles. The zero-order valence-corrected chi connectivity index (χ0v) is 14.9. The second-order valence-corrected chi connectivity index (χ2v) is 6.47. The summed E-state index contributed by atoms with van der Waals surface area (Å²) in [4.78, 5) is 19.1. The molecule has 0 aliphatic carbocycles. The average Bonchev–Trinajstić information content (AvgIpc) is 2.68. The number of carbonyl (C=O) groups excluding carboxylic acids is 1. The minimum atomic E-state index is -0.223. The molecule has 1 aliphatic heterocycles. The Bertz CT molecular complexity index is 1010. The Labute approximate surface area is 157 Å². The second kappa shape index (κ2) is 6.96. The summed E-state index contributed by atoms with van der Waals surface area (Å²) in [7, 11) is 0. The zero-order chi connectivity index (χ0) is 18.8. The number of nitrogen functional groups attached to an aromatic ring is 1. The summed E-state index contributed by atoms with van der Waals surface area (Å²) >= 11 is 0. The van der Waals surface area contributed by atoms with Crippen molar-refractivity contribution in [3.63, 3.8) is 0 Å². The normalized spacial score (nSPS) is 14.8. The second-order valence-electron chi connectivity index (χ2n) is 6.47. The highest BCUT2D eigenvalue weighted by Crippen LogP contribution is 2.38. The van der Waals surface area contributed by atoms with Crippen molar-refractivity contribution in [2.75, 3.05) is 10.6 Å². The maximum atomic E-state index is 13.1. The van der Waals surface area contributed by atoms with Gasteiger partial charge in [-0.25, -0.2) is 0 Å². The van der Waals surface area contributed by atoms with Gasteiger partial charge in [0.25, 0.3) is 5.91 Å². The summed E-state index contributed by atoms with van der Waals surface area (Å²) in [6, 6.07) is 18.9. The van der Waals surface area contributed by atoms with E-state index < -0.39 is 0 Å². The number of nitrogens with two attached hydrogens (primary N) is 1. The molecule has 4 rings (SSSR count). The topological polar surface area (TPSA) is 68.5 Å². The quantitative estimate of drug-likeness (QED) is 0.569. The number of benzene rings is 2. The van der Waals surface area contributed by atoms with Crippen LogP contribution in [-0.2, 0) is 11.3 Å². The number of carbonyl (C=O) groups is 1. The molecule has 134 valence electrons. The van der Waals surface area contributed by atoms with E-state index in [1.54, 1.807) is 35.4 Å². The molecule has 2 aromatic carbocycles. The van der Waals surface area contributed by atoms with Crippen LogP contribution in [-0.4, -0.2) is 10.9 Å². The van der Waals surface area contributed by atoms with Gasteiger partial charge in [0.15, 0.2) is 11.5 Å². The van der Waals surface area contributed by atoms with E-state index in [9.17, 15) is 4.79 Å². The monoisotopic (exact) mass is 357 g/mol. The predicted octanol–water partition coefficient (Wildman–Crippen LogP) is 3.94. The van der Waals surface area contributed by atoms with E-state index in [1.807, 2.05) is 49.4 Å². The molecule has 0 radical (unpaired) electrons. The molecule has 0 unspecified atom stereocenters. The van der Waals surface area contributed by atoms with E-state index >= 15 is 0 Å². The Balaban J connectivity index is 1.75. The number of nitrogens with zero attached hydrogens (tertiary/aromatic N) is 2. The number of ether oxygens (including phenoxy) is 1. The Hall–Kier alpha value is -3.60. The Morgan fingerprint density at radius 2 is 1.93 bits per heavy atom. The van der Waals surface area contributed by atoms with Crippen molar-refractivity contribution >= 4 is 23.4 Å². The summed E-state index contributed by atoms with van der Waals surface area (Å²) < 4.78 is 5.86. The van der Waals surface area contributed by atoms with Crippen LogP contribution in [0.2, 0.25) is 0 Å². The van der Waals surface area contributed by atoms with Gasteiger partial charge in [-0.05, 0) is 42.8 Å². The van der Waals surface area contributed by atoms with Gasteiger partial charge in [-0.3, -0.25) is 14.7 Å².